The van der Waals surface area contributed by atoms with Gasteiger partial charge in [0.05, 0.1) is 7.11 Å². The van der Waals surface area contributed by atoms with Crippen LogP contribution in [-0.2, 0) is 14.3 Å². The second-order valence-corrected chi connectivity index (χ2v) is 5.38. The number of ketones is 1. The Hall–Kier alpha value is -1.38. The third-order valence-corrected chi connectivity index (χ3v) is 4.33. The Morgan fingerprint density at radius 1 is 1.39 bits per heavy atom. The first-order valence-electron chi connectivity index (χ1n) is 6.56. The maximum Gasteiger partial charge on any atom is 0.333 e. The van der Waals surface area contributed by atoms with E-state index >= 15 is 0 Å². The molecule has 3 heteroatoms. The Balaban J connectivity index is 2.28. The molecule has 0 bridgehead atoms. The average Bonchev–Trinajstić information content (AvgIpc) is 2.37. The predicted octanol–water partition coefficient (Wildman–Crippen LogP) is 2.67. The molecule has 98 valence electrons. The normalized spacial score (nSPS) is 31.3. The van der Waals surface area contributed by atoms with E-state index in [0.29, 0.717) is 23.8 Å². The summed E-state index contributed by atoms with van der Waals surface area (Å²) in [6.07, 6.45) is 5.27. The Morgan fingerprint density at radius 3 is 2.78 bits per heavy atom. The fourth-order valence-corrected chi connectivity index (χ4v) is 3.25. The van der Waals surface area contributed by atoms with Crippen molar-refractivity contribution < 1.29 is 14.3 Å². The van der Waals surface area contributed by atoms with E-state index in [4.69, 9.17) is 4.74 Å². The first kappa shape index (κ1) is 13.1. The number of hydrogen-bond acceptors (Lipinski definition) is 3. The number of esters is 1. The number of allylic oxidation sites excluding steroid dienone is 2. The van der Waals surface area contributed by atoms with Crippen LogP contribution >= 0.6 is 0 Å². The molecule has 0 aromatic carbocycles. The Kier molecular flexibility index (Phi) is 3.69. The molecule has 0 N–H and O–H groups in total. The van der Waals surface area contributed by atoms with E-state index in [1.165, 1.54) is 7.11 Å². The summed E-state index contributed by atoms with van der Waals surface area (Å²) in [6, 6.07) is 0. The zero-order valence-corrected chi connectivity index (χ0v) is 11.1. The molecule has 0 heterocycles. The highest BCUT2D eigenvalue weighted by Gasteiger charge is 2.37. The fourth-order valence-electron chi connectivity index (χ4n) is 3.25. The van der Waals surface area contributed by atoms with Gasteiger partial charge in [-0.25, -0.2) is 4.79 Å². The third-order valence-electron chi connectivity index (χ3n) is 4.33. The van der Waals surface area contributed by atoms with Gasteiger partial charge in [0.25, 0.3) is 0 Å². The van der Waals surface area contributed by atoms with Crippen molar-refractivity contribution >= 4 is 11.8 Å². The van der Waals surface area contributed by atoms with E-state index in [0.717, 1.165) is 24.8 Å². The smallest absolute Gasteiger partial charge is 0.333 e. The molecule has 2 aliphatic carbocycles. The van der Waals surface area contributed by atoms with Gasteiger partial charge < -0.3 is 4.74 Å². The van der Waals surface area contributed by atoms with Gasteiger partial charge in [0.1, 0.15) is 0 Å². The molecular weight excluding hydrogens is 228 g/mol. The summed E-state index contributed by atoms with van der Waals surface area (Å²) >= 11 is 0. The van der Waals surface area contributed by atoms with Crippen molar-refractivity contribution in [3.8, 4) is 0 Å². The lowest BCUT2D eigenvalue weighted by Gasteiger charge is -2.39. The van der Waals surface area contributed by atoms with Crippen LogP contribution in [0.2, 0.25) is 0 Å². The minimum atomic E-state index is -0.354. The molecule has 0 radical (unpaired) electrons. The van der Waals surface area contributed by atoms with E-state index < -0.39 is 0 Å². The molecular formula is C15H20O3. The molecule has 1 saturated carbocycles. The van der Waals surface area contributed by atoms with Crippen LogP contribution in [0.3, 0.4) is 0 Å². The summed E-state index contributed by atoms with van der Waals surface area (Å²) in [5.74, 6) is 0.849. The topological polar surface area (TPSA) is 43.4 Å². The van der Waals surface area contributed by atoms with Gasteiger partial charge in [-0.2, -0.15) is 0 Å². The van der Waals surface area contributed by atoms with Crippen LogP contribution in [0.25, 0.3) is 0 Å². The van der Waals surface area contributed by atoms with E-state index in [1.807, 2.05) is 0 Å². The van der Waals surface area contributed by atoms with Crippen LogP contribution in [0.4, 0.5) is 0 Å². The van der Waals surface area contributed by atoms with Crippen molar-refractivity contribution in [3.05, 3.63) is 23.8 Å². The second-order valence-electron chi connectivity index (χ2n) is 5.38. The lowest BCUT2D eigenvalue weighted by atomic mass is 9.65. The first-order valence-corrected chi connectivity index (χ1v) is 6.56. The quantitative estimate of drug-likeness (QED) is 0.557. The van der Waals surface area contributed by atoms with Gasteiger partial charge in [0, 0.05) is 17.9 Å². The van der Waals surface area contributed by atoms with Gasteiger partial charge in [-0.1, -0.05) is 19.1 Å². The number of methoxy groups -OCH3 is 1. The highest BCUT2D eigenvalue weighted by Crippen LogP contribution is 2.45. The summed E-state index contributed by atoms with van der Waals surface area (Å²) in [7, 11) is 1.37. The van der Waals surface area contributed by atoms with Crippen molar-refractivity contribution in [2.24, 2.45) is 17.8 Å². The first-order chi connectivity index (χ1) is 8.54. The van der Waals surface area contributed by atoms with Crippen molar-refractivity contribution in [2.75, 3.05) is 7.11 Å². The number of ether oxygens (including phenoxy) is 1. The van der Waals surface area contributed by atoms with Crippen LogP contribution in [0.1, 0.15) is 32.6 Å². The molecule has 2 aliphatic rings. The molecule has 2 rings (SSSR count). The molecule has 0 unspecified atom stereocenters. The van der Waals surface area contributed by atoms with Gasteiger partial charge in [-0.15, -0.1) is 0 Å². The minimum absolute atomic E-state index is 0.00269. The molecule has 0 saturated heterocycles. The highest BCUT2D eigenvalue weighted by atomic mass is 16.5. The van der Waals surface area contributed by atoms with Gasteiger partial charge in [-0.05, 0) is 37.2 Å². The molecule has 3 nitrogen and oxygen atoms in total. The third kappa shape index (κ3) is 2.26. The summed E-state index contributed by atoms with van der Waals surface area (Å²) < 4.78 is 4.75. The monoisotopic (exact) mass is 248 g/mol. The van der Waals surface area contributed by atoms with E-state index in [-0.39, 0.29) is 17.7 Å². The summed E-state index contributed by atoms with van der Waals surface area (Å²) in [5, 5.41) is 0. The highest BCUT2D eigenvalue weighted by molar-refractivity contribution is 5.93. The molecule has 0 aromatic rings. The molecule has 3 atom stereocenters. The lowest BCUT2D eigenvalue weighted by Crippen LogP contribution is -2.32. The van der Waals surface area contributed by atoms with Crippen molar-refractivity contribution in [1.82, 2.24) is 0 Å². The van der Waals surface area contributed by atoms with Crippen molar-refractivity contribution in [2.45, 2.75) is 32.6 Å². The summed E-state index contributed by atoms with van der Waals surface area (Å²) in [4.78, 5) is 23.2. The van der Waals surface area contributed by atoms with Crippen LogP contribution < -0.4 is 0 Å². The predicted molar refractivity (Wildman–Crippen MR) is 68.9 cm³/mol. The number of rotatable bonds is 2. The van der Waals surface area contributed by atoms with E-state index in [1.54, 1.807) is 6.08 Å². The molecule has 1 fully saturated rings. The number of fused-ring (bicyclic) bond motifs is 1. The SMILES string of the molecule is C=C(C(=O)OC)[C@H]1CC[C@@H](C)[C@@H]2CCC(=O)C=C12. The Labute approximate surface area is 108 Å². The largest absolute Gasteiger partial charge is 0.466 e. The number of hydrogen-bond donors (Lipinski definition) is 0. The Bertz CT molecular complexity index is 419. The van der Waals surface area contributed by atoms with Crippen LogP contribution in [0.5, 0.6) is 0 Å². The zero-order chi connectivity index (χ0) is 13.3. The van der Waals surface area contributed by atoms with Gasteiger partial charge in [0.15, 0.2) is 5.78 Å². The fraction of sp³-hybridized carbons (Fsp3) is 0.600. The van der Waals surface area contributed by atoms with Crippen LogP contribution in [-0.4, -0.2) is 18.9 Å². The molecule has 0 amide bonds. The van der Waals surface area contributed by atoms with Crippen molar-refractivity contribution in [1.29, 1.82) is 0 Å². The lowest BCUT2D eigenvalue weighted by molar-refractivity contribution is -0.136. The number of carbonyl (C=O) groups excluding carboxylic acids is 2. The second kappa shape index (κ2) is 5.09. The van der Waals surface area contributed by atoms with Gasteiger partial charge in [0.2, 0.25) is 0 Å². The zero-order valence-electron chi connectivity index (χ0n) is 11.1. The molecule has 18 heavy (non-hydrogen) atoms. The maximum atomic E-state index is 11.6. The van der Waals surface area contributed by atoms with Gasteiger partial charge in [-0.3, -0.25) is 4.79 Å². The summed E-state index contributed by atoms with van der Waals surface area (Å²) in [6.45, 7) is 6.09. The average molecular weight is 248 g/mol. The van der Waals surface area contributed by atoms with E-state index in [9.17, 15) is 9.59 Å². The molecule has 0 spiro atoms. The van der Waals surface area contributed by atoms with Crippen molar-refractivity contribution in [3.63, 3.8) is 0 Å². The van der Waals surface area contributed by atoms with Crippen LogP contribution in [0, 0.1) is 17.8 Å². The number of carbonyl (C=O) groups is 2. The summed E-state index contributed by atoms with van der Waals surface area (Å²) in [5.41, 5.74) is 1.61. The maximum absolute atomic E-state index is 11.6. The minimum Gasteiger partial charge on any atom is -0.466 e. The standard InChI is InChI=1S/C15H20O3/c1-9-4-6-13(10(2)15(17)18-3)14-8-11(16)5-7-12(9)14/h8-9,12-13H,2,4-7H2,1,3H3/t9-,12+,13-/m1/s1. The Morgan fingerprint density at radius 2 is 2.11 bits per heavy atom. The molecule has 0 aromatic heterocycles. The van der Waals surface area contributed by atoms with E-state index in [2.05, 4.69) is 13.5 Å². The van der Waals surface area contributed by atoms with Crippen LogP contribution in [0.15, 0.2) is 23.8 Å². The molecule has 0 aliphatic heterocycles. The van der Waals surface area contributed by atoms with Gasteiger partial charge >= 0.3 is 5.97 Å².